The SMILES string of the molecule is Cn1c2ccccc2c2nnc(SCC(=O)Nc3ccc(OC(F)(F)Cl)cc3)nc21. The Morgan fingerprint density at radius 1 is 1.20 bits per heavy atom. The van der Waals surface area contributed by atoms with Crippen LogP contribution in [0.4, 0.5) is 14.5 Å². The number of anilines is 1. The second-order valence-corrected chi connectivity index (χ2v) is 7.63. The molecule has 2 aromatic carbocycles. The lowest BCUT2D eigenvalue weighted by atomic mass is 10.2. The van der Waals surface area contributed by atoms with Gasteiger partial charge in [-0.1, -0.05) is 30.0 Å². The molecule has 0 saturated heterocycles. The van der Waals surface area contributed by atoms with E-state index in [1.807, 2.05) is 35.9 Å². The lowest BCUT2D eigenvalue weighted by molar-refractivity contribution is -0.113. The van der Waals surface area contributed by atoms with E-state index in [-0.39, 0.29) is 17.4 Å². The van der Waals surface area contributed by atoms with Gasteiger partial charge in [0.15, 0.2) is 5.65 Å². The number of carbonyl (C=O) groups is 1. The van der Waals surface area contributed by atoms with Crippen LogP contribution in [0.3, 0.4) is 0 Å². The standard InChI is InChI=1S/C19H14ClF2N5O2S/c1-27-14-5-3-2-4-13(14)16-17(27)24-18(26-25-16)30-10-15(28)23-11-6-8-12(9-7-11)29-19(20,21)22/h2-9H,10H2,1H3,(H,23,28). The fraction of sp³-hybridized carbons (Fsp3) is 0.158. The Labute approximate surface area is 178 Å². The van der Waals surface area contributed by atoms with E-state index in [1.54, 1.807) is 0 Å². The first-order valence-electron chi connectivity index (χ1n) is 8.66. The fourth-order valence-electron chi connectivity index (χ4n) is 2.92. The van der Waals surface area contributed by atoms with E-state index in [1.165, 1.54) is 24.3 Å². The van der Waals surface area contributed by atoms with Gasteiger partial charge >= 0.3 is 5.57 Å². The van der Waals surface area contributed by atoms with Crippen molar-refractivity contribution in [3.05, 3.63) is 48.5 Å². The number of benzene rings is 2. The number of nitrogens with one attached hydrogen (secondary N) is 1. The van der Waals surface area contributed by atoms with Gasteiger partial charge in [0.1, 0.15) is 11.3 Å². The summed E-state index contributed by atoms with van der Waals surface area (Å²) in [5.41, 5.74) is -0.990. The van der Waals surface area contributed by atoms with Crippen LogP contribution in [0.5, 0.6) is 5.75 Å². The van der Waals surface area contributed by atoms with Gasteiger partial charge in [-0.2, -0.15) is 0 Å². The van der Waals surface area contributed by atoms with E-state index in [0.717, 1.165) is 22.7 Å². The molecule has 30 heavy (non-hydrogen) atoms. The van der Waals surface area contributed by atoms with Crippen LogP contribution in [-0.4, -0.2) is 37.0 Å². The van der Waals surface area contributed by atoms with Crippen LogP contribution in [0.15, 0.2) is 53.7 Å². The van der Waals surface area contributed by atoms with Crippen LogP contribution < -0.4 is 10.1 Å². The van der Waals surface area contributed by atoms with E-state index >= 15 is 0 Å². The van der Waals surface area contributed by atoms with Crippen LogP contribution in [0.1, 0.15) is 0 Å². The van der Waals surface area contributed by atoms with E-state index in [4.69, 9.17) is 11.6 Å². The van der Waals surface area contributed by atoms with Crippen molar-refractivity contribution in [2.24, 2.45) is 7.05 Å². The molecule has 0 spiro atoms. The Morgan fingerprint density at radius 3 is 2.67 bits per heavy atom. The molecule has 0 unspecified atom stereocenters. The van der Waals surface area contributed by atoms with Crippen LogP contribution >= 0.6 is 23.4 Å². The lowest BCUT2D eigenvalue weighted by Crippen LogP contribution is -2.16. The third-order valence-electron chi connectivity index (χ3n) is 4.19. The van der Waals surface area contributed by atoms with E-state index in [2.05, 4.69) is 25.2 Å². The number of ether oxygens (including phenoxy) is 1. The smallest absolute Gasteiger partial charge is 0.420 e. The van der Waals surface area contributed by atoms with E-state index < -0.39 is 5.57 Å². The molecule has 11 heteroatoms. The van der Waals surface area contributed by atoms with Gasteiger partial charge in [0.2, 0.25) is 11.1 Å². The Bertz CT molecular complexity index is 1230. The van der Waals surface area contributed by atoms with Crippen molar-refractivity contribution in [2.45, 2.75) is 10.7 Å². The molecule has 1 N–H and O–H groups in total. The molecule has 2 aromatic heterocycles. The monoisotopic (exact) mass is 449 g/mol. The molecule has 0 aliphatic carbocycles. The number of carbonyl (C=O) groups excluding carboxylic acids is 1. The first-order valence-corrected chi connectivity index (χ1v) is 10.0. The average Bonchev–Trinajstić information content (AvgIpc) is 2.99. The van der Waals surface area contributed by atoms with Gasteiger partial charge in [0, 0.05) is 29.7 Å². The summed E-state index contributed by atoms with van der Waals surface area (Å²) >= 11 is 5.85. The molecule has 0 bridgehead atoms. The van der Waals surface area contributed by atoms with Gasteiger partial charge in [0.05, 0.1) is 11.3 Å². The average molecular weight is 450 g/mol. The highest BCUT2D eigenvalue weighted by Crippen LogP contribution is 2.27. The third-order valence-corrected chi connectivity index (χ3v) is 5.11. The van der Waals surface area contributed by atoms with Gasteiger partial charge in [-0.15, -0.1) is 19.0 Å². The Balaban J connectivity index is 1.41. The number of nitrogens with zero attached hydrogens (tertiary/aromatic N) is 4. The minimum absolute atomic E-state index is 0.0507. The van der Waals surface area contributed by atoms with Crippen molar-refractivity contribution >= 4 is 57.0 Å². The first kappa shape index (κ1) is 20.3. The minimum Gasteiger partial charge on any atom is -0.420 e. The molecule has 0 atom stereocenters. The van der Waals surface area contributed by atoms with Crippen molar-refractivity contribution in [1.82, 2.24) is 19.7 Å². The predicted octanol–water partition coefficient (Wildman–Crippen LogP) is 4.42. The number of hydrogen-bond acceptors (Lipinski definition) is 6. The highest BCUT2D eigenvalue weighted by Gasteiger charge is 2.27. The zero-order valence-electron chi connectivity index (χ0n) is 15.5. The molecule has 7 nitrogen and oxygen atoms in total. The molecule has 0 aliphatic rings. The van der Waals surface area contributed by atoms with Crippen molar-refractivity contribution < 1.29 is 18.3 Å². The lowest BCUT2D eigenvalue weighted by Gasteiger charge is -2.11. The summed E-state index contributed by atoms with van der Waals surface area (Å²) in [6.07, 6.45) is 0. The van der Waals surface area contributed by atoms with Crippen LogP contribution in [-0.2, 0) is 11.8 Å². The maximum absolute atomic E-state index is 12.6. The zero-order valence-corrected chi connectivity index (χ0v) is 17.0. The van der Waals surface area contributed by atoms with Gasteiger partial charge in [0.25, 0.3) is 0 Å². The molecule has 0 aliphatic heterocycles. The number of fused-ring (bicyclic) bond motifs is 3. The largest absolute Gasteiger partial charge is 0.487 e. The molecule has 2 heterocycles. The number of aryl methyl sites for hydroxylation is 1. The highest BCUT2D eigenvalue weighted by molar-refractivity contribution is 7.99. The second kappa shape index (κ2) is 8.04. The number of hydrogen-bond donors (Lipinski definition) is 1. The molecule has 154 valence electrons. The summed E-state index contributed by atoms with van der Waals surface area (Å²) in [7, 11) is 1.90. The molecular formula is C19H14ClF2N5O2S. The summed E-state index contributed by atoms with van der Waals surface area (Å²) < 4.78 is 31.4. The molecule has 0 radical (unpaired) electrons. The number of rotatable bonds is 6. The molecule has 0 fully saturated rings. The number of thioether (sulfide) groups is 1. The maximum Gasteiger partial charge on any atom is 0.487 e. The maximum atomic E-state index is 12.6. The van der Waals surface area contributed by atoms with Crippen molar-refractivity contribution in [1.29, 1.82) is 0 Å². The van der Waals surface area contributed by atoms with Crippen LogP contribution in [0.2, 0.25) is 0 Å². The van der Waals surface area contributed by atoms with Crippen LogP contribution in [0.25, 0.3) is 22.1 Å². The van der Waals surface area contributed by atoms with Crippen molar-refractivity contribution in [3.8, 4) is 5.75 Å². The molecule has 4 aromatic rings. The molecule has 1 amide bonds. The molecule has 4 rings (SSSR count). The number of para-hydroxylation sites is 1. The Hall–Kier alpha value is -2.98. The van der Waals surface area contributed by atoms with Gasteiger partial charge < -0.3 is 14.6 Å². The summed E-state index contributed by atoms with van der Waals surface area (Å²) in [6, 6.07) is 13.2. The third kappa shape index (κ3) is 4.44. The molecular weight excluding hydrogens is 436 g/mol. The quantitative estimate of drug-likeness (QED) is 0.347. The van der Waals surface area contributed by atoms with Gasteiger partial charge in [-0.3, -0.25) is 4.79 Å². The van der Waals surface area contributed by atoms with Gasteiger partial charge in [-0.05, 0) is 30.3 Å². The zero-order chi connectivity index (χ0) is 21.3. The van der Waals surface area contributed by atoms with E-state index in [9.17, 15) is 13.6 Å². The number of amides is 1. The minimum atomic E-state index is -3.79. The Kier molecular flexibility index (Phi) is 5.44. The Morgan fingerprint density at radius 2 is 1.93 bits per heavy atom. The first-order chi connectivity index (χ1) is 14.3. The summed E-state index contributed by atoms with van der Waals surface area (Å²) in [4.78, 5) is 16.7. The fourth-order valence-corrected chi connectivity index (χ4v) is 3.59. The topological polar surface area (TPSA) is 81.9 Å². The molecule has 0 saturated carbocycles. The predicted molar refractivity (Wildman–Crippen MR) is 111 cm³/mol. The van der Waals surface area contributed by atoms with Gasteiger partial charge in [-0.25, -0.2) is 4.98 Å². The van der Waals surface area contributed by atoms with Crippen molar-refractivity contribution in [2.75, 3.05) is 11.1 Å². The summed E-state index contributed by atoms with van der Waals surface area (Å²) in [5.74, 6) is -0.378. The van der Waals surface area contributed by atoms with E-state index in [0.29, 0.717) is 22.0 Å². The summed E-state index contributed by atoms with van der Waals surface area (Å²) in [6.45, 7) is 0. The summed E-state index contributed by atoms with van der Waals surface area (Å²) in [5, 5.41) is 12.4. The second-order valence-electron chi connectivity index (χ2n) is 6.25. The number of aromatic nitrogens is 4. The van der Waals surface area contributed by atoms with Crippen LogP contribution in [0, 0.1) is 0 Å². The van der Waals surface area contributed by atoms with Crippen molar-refractivity contribution in [3.63, 3.8) is 0 Å². The highest BCUT2D eigenvalue weighted by atomic mass is 35.5. The number of alkyl halides is 3. The normalized spacial score (nSPS) is 11.7. The number of halogens is 3.